The number of para-hydroxylation sites is 1. The highest BCUT2D eigenvalue weighted by molar-refractivity contribution is 6.09. The average molecular weight is 393 g/mol. The van der Waals surface area contributed by atoms with Crippen molar-refractivity contribution in [2.45, 2.75) is 25.8 Å². The fraction of sp³-hybridized carbons (Fsp3) is 0.227. The minimum Gasteiger partial charge on any atom is -0.493 e. The Morgan fingerprint density at radius 1 is 1.10 bits per heavy atom. The van der Waals surface area contributed by atoms with Crippen LogP contribution in [0.15, 0.2) is 60.7 Å². The highest BCUT2D eigenvalue weighted by Gasteiger charge is 2.52. The van der Waals surface area contributed by atoms with E-state index in [2.05, 4.69) is 10.7 Å². The van der Waals surface area contributed by atoms with Crippen molar-refractivity contribution in [3.8, 4) is 5.75 Å². The molecular weight excluding hydrogens is 370 g/mol. The van der Waals surface area contributed by atoms with Gasteiger partial charge in [0.15, 0.2) is 0 Å². The van der Waals surface area contributed by atoms with Gasteiger partial charge in [-0.25, -0.2) is 4.79 Å². The summed E-state index contributed by atoms with van der Waals surface area (Å²) in [6, 6.07) is 15.6. The Morgan fingerprint density at radius 3 is 2.48 bits per heavy atom. The molecule has 2 aromatic rings. The van der Waals surface area contributed by atoms with Crippen LogP contribution in [0.25, 0.3) is 6.08 Å². The number of ether oxygens (including phenoxy) is 1. The highest BCUT2D eigenvalue weighted by Crippen LogP contribution is 2.31. The number of hydrazine groups is 1. The molecule has 1 aliphatic rings. The van der Waals surface area contributed by atoms with Gasteiger partial charge in [0.2, 0.25) is 0 Å². The summed E-state index contributed by atoms with van der Waals surface area (Å²) in [7, 11) is 0. The van der Waals surface area contributed by atoms with Crippen LogP contribution >= 0.6 is 0 Å². The van der Waals surface area contributed by atoms with Gasteiger partial charge >= 0.3 is 6.03 Å². The number of hydrogen-bond donors (Lipinski definition) is 2. The van der Waals surface area contributed by atoms with Gasteiger partial charge in [-0.05, 0) is 31.1 Å². The topological polar surface area (TPSA) is 87.7 Å². The lowest BCUT2D eigenvalue weighted by Gasteiger charge is -2.25. The maximum Gasteiger partial charge on any atom is 0.344 e. The summed E-state index contributed by atoms with van der Waals surface area (Å²) < 4.78 is 5.52. The molecule has 0 radical (unpaired) electrons. The van der Waals surface area contributed by atoms with Crippen molar-refractivity contribution in [1.29, 1.82) is 0 Å². The van der Waals surface area contributed by atoms with E-state index in [9.17, 15) is 14.4 Å². The lowest BCUT2D eigenvalue weighted by atomic mass is 9.87. The van der Waals surface area contributed by atoms with E-state index >= 15 is 0 Å². The van der Waals surface area contributed by atoms with Crippen LogP contribution in [0, 0.1) is 0 Å². The molecule has 1 saturated heterocycles. The Bertz CT molecular complexity index is 942. The molecule has 3 rings (SSSR count). The molecule has 1 aliphatic heterocycles. The van der Waals surface area contributed by atoms with Crippen LogP contribution in [0.4, 0.5) is 4.79 Å². The zero-order valence-corrected chi connectivity index (χ0v) is 16.3. The summed E-state index contributed by atoms with van der Waals surface area (Å²) in [6.07, 6.45) is 3.18. The molecule has 0 bridgehead atoms. The fourth-order valence-corrected chi connectivity index (χ4v) is 3.26. The van der Waals surface area contributed by atoms with Crippen LogP contribution in [0.1, 0.15) is 31.4 Å². The summed E-state index contributed by atoms with van der Waals surface area (Å²) in [6.45, 7) is 4.18. The number of carbonyl (C=O) groups is 3. The summed E-state index contributed by atoms with van der Waals surface area (Å²) in [5.74, 6) is -0.476. The van der Waals surface area contributed by atoms with E-state index in [0.29, 0.717) is 29.9 Å². The zero-order valence-electron chi connectivity index (χ0n) is 16.3. The minimum absolute atomic E-state index is 0.353. The summed E-state index contributed by atoms with van der Waals surface area (Å²) in [5.41, 5.74) is 2.55. The number of carbonyl (C=O) groups excluding carboxylic acids is 3. The van der Waals surface area contributed by atoms with Crippen molar-refractivity contribution in [3.05, 3.63) is 71.8 Å². The molecule has 29 heavy (non-hydrogen) atoms. The van der Waals surface area contributed by atoms with Crippen molar-refractivity contribution in [2.75, 3.05) is 6.61 Å². The Morgan fingerprint density at radius 2 is 1.79 bits per heavy atom. The lowest BCUT2D eigenvalue weighted by Crippen LogP contribution is -2.48. The molecule has 7 nitrogen and oxygen atoms in total. The predicted molar refractivity (Wildman–Crippen MR) is 109 cm³/mol. The van der Waals surface area contributed by atoms with Gasteiger partial charge in [-0.2, -0.15) is 5.01 Å². The van der Waals surface area contributed by atoms with Crippen molar-refractivity contribution < 1.29 is 19.1 Å². The number of nitrogens with one attached hydrogen (secondary N) is 2. The number of amides is 4. The number of imide groups is 1. The molecule has 1 fully saturated rings. The zero-order chi connectivity index (χ0) is 20.9. The van der Waals surface area contributed by atoms with Crippen LogP contribution < -0.4 is 15.5 Å². The first-order valence-corrected chi connectivity index (χ1v) is 9.44. The van der Waals surface area contributed by atoms with E-state index in [1.807, 2.05) is 25.1 Å². The molecule has 1 atom stereocenters. The van der Waals surface area contributed by atoms with Gasteiger partial charge in [-0.1, -0.05) is 55.5 Å². The van der Waals surface area contributed by atoms with Crippen molar-refractivity contribution in [2.24, 2.45) is 0 Å². The number of rotatable bonds is 7. The second-order valence-corrected chi connectivity index (χ2v) is 6.48. The quantitative estimate of drug-likeness (QED) is 0.559. The summed E-state index contributed by atoms with van der Waals surface area (Å²) >= 11 is 0. The highest BCUT2D eigenvalue weighted by atomic mass is 16.5. The third kappa shape index (κ3) is 3.99. The molecule has 0 spiro atoms. The summed E-state index contributed by atoms with van der Waals surface area (Å²) in [5, 5.41) is 3.45. The second-order valence-electron chi connectivity index (χ2n) is 6.48. The van der Waals surface area contributed by atoms with E-state index in [0.717, 1.165) is 5.01 Å². The number of nitrogens with zero attached hydrogens (tertiary/aromatic N) is 1. The SMILES string of the molecule is CCOc1ccccc1/C=C/C(=O)NN1C(=O)N[C@@](CC)(c2ccccc2)C1=O. The van der Waals surface area contributed by atoms with E-state index in [1.54, 1.807) is 49.4 Å². The number of benzene rings is 2. The minimum atomic E-state index is -1.20. The molecule has 0 aromatic heterocycles. The Balaban J connectivity index is 1.76. The largest absolute Gasteiger partial charge is 0.493 e. The maximum absolute atomic E-state index is 13.0. The maximum atomic E-state index is 13.0. The van der Waals surface area contributed by atoms with Crippen molar-refractivity contribution in [1.82, 2.24) is 15.8 Å². The van der Waals surface area contributed by atoms with Crippen LogP contribution in [0.3, 0.4) is 0 Å². The van der Waals surface area contributed by atoms with E-state index in [1.165, 1.54) is 6.08 Å². The number of urea groups is 1. The van der Waals surface area contributed by atoms with Crippen LogP contribution in [-0.2, 0) is 15.1 Å². The van der Waals surface area contributed by atoms with Gasteiger partial charge in [0.1, 0.15) is 11.3 Å². The smallest absolute Gasteiger partial charge is 0.344 e. The second kappa shape index (κ2) is 8.60. The summed E-state index contributed by atoms with van der Waals surface area (Å²) in [4.78, 5) is 37.8. The van der Waals surface area contributed by atoms with Gasteiger partial charge in [0.25, 0.3) is 11.8 Å². The van der Waals surface area contributed by atoms with E-state index in [-0.39, 0.29) is 0 Å². The normalized spacial score (nSPS) is 18.8. The average Bonchev–Trinajstić information content (AvgIpc) is 2.99. The third-order valence-electron chi connectivity index (χ3n) is 4.74. The molecule has 1 heterocycles. The van der Waals surface area contributed by atoms with Gasteiger partial charge in [0.05, 0.1) is 6.61 Å². The van der Waals surface area contributed by atoms with Gasteiger partial charge in [0, 0.05) is 11.6 Å². The van der Waals surface area contributed by atoms with Crippen molar-refractivity contribution >= 4 is 23.9 Å². The first-order chi connectivity index (χ1) is 14.0. The third-order valence-corrected chi connectivity index (χ3v) is 4.74. The Kier molecular flexibility index (Phi) is 5.97. The van der Waals surface area contributed by atoms with Crippen LogP contribution in [0.5, 0.6) is 5.75 Å². The van der Waals surface area contributed by atoms with E-state index < -0.39 is 23.4 Å². The Hall–Kier alpha value is -3.61. The van der Waals surface area contributed by atoms with Crippen molar-refractivity contribution in [3.63, 3.8) is 0 Å². The first-order valence-electron chi connectivity index (χ1n) is 9.44. The molecule has 2 aromatic carbocycles. The molecule has 0 aliphatic carbocycles. The molecule has 4 amide bonds. The molecule has 2 N–H and O–H groups in total. The molecule has 0 saturated carbocycles. The molecule has 150 valence electrons. The monoisotopic (exact) mass is 393 g/mol. The lowest BCUT2D eigenvalue weighted by molar-refractivity contribution is -0.138. The molecular formula is C22H23N3O4. The fourth-order valence-electron chi connectivity index (χ4n) is 3.26. The van der Waals surface area contributed by atoms with E-state index in [4.69, 9.17) is 4.74 Å². The number of hydrogen-bond acceptors (Lipinski definition) is 4. The van der Waals surface area contributed by atoms with Crippen LogP contribution in [0.2, 0.25) is 0 Å². The predicted octanol–water partition coefficient (Wildman–Crippen LogP) is 2.99. The van der Waals surface area contributed by atoms with Gasteiger partial charge < -0.3 is 10.1 Å². The molecule has 0 unspecified atom stereocenters. The van der Waals surface area contributed by atoms with Gasteiger partial charge in [-0.3, -0.25) is 15.0 Å². The van der Waals surface area contributed by atoms with Crippen LogP contribution in [-0.4, -0.2) is 29.5 Å². The standard InChI is InChI=1S/C22H23N3O4/c1-3-22(17-11-6-5-7-12-17)20(27)25(21(28)23-22)24-19(26)15-14-16-10-8-9-13-18(16)29-4-2/h5-15H,3-4H2,1-2H3,(H,23,28)(H,24,26)/b15-14+/t22-/m0/s1. The Labute approximate surface area is 169 Å². The van der Waals surface area contributed by atoms with Gasteiger partial charge in [-0.15, -0.1) is 0 Å². The first kappa shape index (κ1) is 20.1. The molecule has 7 heteroatoms.